The highest BCUT2D eigenvalue weighted by atomic mass is 16.5. The Morgan fingerprint density at radius 3 is 2.81 bits per heavy atom. The van der Waals surface area contributed by atoms with Crippen LogP contribution in [0.1, 0.15) is 18.9 Å². The molecule has 3 nitrogen and oxygen atoms in total. The van der Waals surface area contributed by atoms with E-state index < -0.39 is 0 Å². The van der Waals surface area contributed by atoms with Gasteiger partial charge in [-0.1, -0.05) is 12.1 Å². The molecule has 1 aromatic rings. The van der Waals surface area contributed by atoms with Gasteiger partial charge in [-0.15, -0.1) is 0 Å². The van der Waals surface area contributed by atoms with Gasteiger partial charge in [-0.2, -0.15) is 0 Å². The van der Waals surface area contributed by atoms with Crippen molar-refractivity contribution in [2.24, 2.45) is 0 Å². The third kappa shape index (κ3) is 3.22. The fourth-order valence-electron chi connectivity index (χ4n) is 1.96. The lowest BCUT2D eigenvalue weighted by Crippen LogP contribution is -2.30. The highest BCUT2D eigenvalue weighted by Gasteiger charge is 2.12. The summed E-state index contributed by atoms with van der Waals surface area (Å²) in [6, 6.07) is 8.95. The molecule has 2 N–H and O–H groups in total. The molecule has 88 valence electrons. The third-order valence-electron chi connectivity index (χ3n) is 2.89. The molecule has 2 rings (SSSR count). The highest BCUT2D eigenvalue weighted by molar-refractivity contribution is 5.27. The molecule has 0 saturated carbocycles. The van der Waals surface area contributed by atoms with E-state index in [2.05, 4.69) is 22.8 Å². The van der Waals surface area contributed by atoms with Gasteiger partial charge in [0.2, 0.25) is 0 Å². The van der Waals surface area contributed by atoms with Crippen molar-refractivity contribution in [1.82, 2.24) is 10.6 Å². The van der Waals surface area contributed by atoms with E-state index in [1.54, 1.807) is 0 Å². The van der Waals surface area contributed by atoms with Crippen molar-refractivity contribution >= 4 is 0 Å². The van der Waals surface area contributed by atoms with E-state index in [0.717, 1.165) is 32.0 Å². The number of nitrogens with one attached hydrogen (secondary N) is 2. The van der Waals surface area contributed by atoms with Gasteiger partial charge in [-0.25, -0.2) is 0 Å². The first-order valence-corrected chi connectivity index (χ1v) is 6.04. The van der Waals surface area contributed by atoms with Crippen LogP contribution in [-0.4, -0.2) is 25.7 Å². The molecule has 1 aromatic carbocycles. The molecule has 0 bridgehead atoms. The van der Waals surface area contributed by atoms with E-state index in [-0.39, 0.29) is 0 Å². The zero-order chi connectivity index (χ0) is 11.2. The van der Waals surface area contributed by atoms with Crippen molar-refractivity contribution in [3.8, 4) is 5.75 Å². The molecule has 0 aliphatic carbocycles. The lowest BCUT2D eigenvalue weighted by Gasteiger charge is -2.11. The van der Waals surface area contributed by atoms with Gasteiger partial charge < -0.3 is 15.4 Å². The Kier molecular flexibility index (Phi) is 4.19. The highest BCUT2D eigenvalue weighted by Crippen LogP contribution is 2.12. The summed E-state index contributed by atoms with van der Waals surface area (Å²) in [4.78, 5) is 0. The Morgan fingerprint density at radius 1 is 1.38 bits per heavy atom. The van der Waals surface area contributed by atoms with Crippen LogP contribution < -0.4 is 15.4 Å². The second-order valence-corrected chi connectivity index (χ2v) is 4.15. The first-order chi connectivity index (χ1) is 7.88. The van der Waals surface area contributed by atoms with Crippen LogP contribution >= 0.6 is 0 Å². The summed E-state index contributed by atoms with van der Waals surface area (Å²) in [5, 5.41) is 6.90. The van der Waals surface area contributed by atoms with Gasteiger partial charge in [-0.3, -0.25) is 0 Å². The monoisotopic (exact) mass is 220 g/mol. The van der Waals surface area contributed by atoms with Crippen LogP contribution in [0.3, 0.4) is 0 Å². The van der Waals surface area contributed by atoms with Crippen LogP contribution in [0.25, 0.3) is 0 Å². The van der Waals surface area contributed by atoms with E-state index in [0.29, 0.717) is 6.04 Å². The van der Waals surface area contributed by atoms with Crippen molar-refractivity contribution in [2.75, 3.05) is 19.7 Å². The maximum atomic E-state index is 5.41. The molecule has 1 aliphatic heterocycles. The Hall–Kier alpha value is -1.06. The summed E-state index contributed by atoms with van der Waals surface area (Å²) in [6.07, 6.45) is 1.23. The molecule has 1 heterocycles. The molecule has 0 amide bonds. The lowest BCUT2D eigenvalue weighted by atomic mass is 10.2. The maximum absolute atomic E-state index is 5.41. The summed E-state index contributed by atoms with van der Waals surface area (Å²) in [5.74, 6) is 0.953. The smallest absolute Gasteiger partial charge is 0.119 e. The van der Waals surface area contributed by atoms with Gasteiger partial charge in [0.15, 0.2) is 0 Å². The summed E-state index contributed by atoms with van der Waals surface area (Å²) < 4.78 is 5.41. The molecule has 3 heteroatoms. The minimum Gasteiger partial charge on any atom is -0.494 e. The molecular formula is C13H20N2O. The second kappa shape index (κ2) is 5.87. The van der Waals surface area contributed by atoms with Crippen molar-refractivity contribution in [3.05, 3.63) is 29.8 Å². The Morgan fingerprint density at radius 2 is 2.19 bits per heavy atom. The fourth-order valence-corrected chi connectivity index (χ4v) is 1.96. The van der Waals surface area contributed by atoms with Gasteiger partial charge in [0.1, 0.15) is 5.75 Å². The van der Waals surface area contributed by atoms with Gasteiger partial charge in [0, 0.05) is 19.1 Å². The summed E-state index contributed by atoms with van der Waals surface area (Å²) >= 11 is 0. The molecule has 1 fully saturated rings. The van der Waals surface area contributed by atoms with Crippen molar-refractivity contribution < 1.29 is 4.74 Å². The molecule has 0 spiro atoms. The summed E-state index contributed by atoms with van der Waals surface area (Å²) in [6.45, 7) is 5.91. The van der Waals surface area contributed by atoms with Crippen LogP contribution in [0.5, 0.6) is 5.75 Å². The zero-order valence-corrected chi connectivity index (χ0v) is 9.83. The zero-order valence-electron chi connectivity index (χ0n) is 9.83. The topological polar surface area (TPSA) is 33.3 Å². The van der Waals surface area contributed by atoms with Gasteiger partial charge in [0.05, 0.1) is 6.61 Å². The first kappa shape index (κ1) is 11.4. The summed E-state index contributed by atoms with van der Waals surface area (Å²) in [5.41, 5.74) is 1.32. The maximum Gasteiger partial charge on any atom is 0.119 e. The average molecular weight is 220 g/mol. The Labute approximate surface area is 97.2 Å². The largest absolute Gasteiger partial charge is 0.494 e. The standard InChI is InChI=1S/C13H20N2O/c1-2-16-13-5-3-11(4-6-13)9-15-12-7-8-14-10-12/h3-6,12,14-15H,2,7-10H2,1H3. The molecule has 1 atom stereocenters. The van der Waals surface area contributed by atoms with E-state index >= 15 is 0 Å². The molecule has 1 saturated heterocycles. The summed E-state index contributed by atoms with van der Waals surface area (Å²) in [7, 11) is 0. The Bertz CT molecular complexity index is 304. The number of rotatable bonds is 5. The second-order valence-electron chi connectivity index (χ2n) is 4.15. The molecule has 16 heavy (non-hydrogen) atoms. The van der Waals surface area contributed by atoms with Gasteiger partial charge in [-0.05, 0) is 37.6 Å². The van der Waals surface area contributed by atoms with Crippen LogP contribution in [0, 0.1) is 0 Å². The quantitative estimate of drug-likeness (QED) is 0.789. The third-order valence-corrected chi connectivity index (χ3v) is 2.89. The number of hydrogen-bond acceptors (Lipinski definition) is 3. The van der Waals surface area contributed by atoms with E-state index in [9.17, 15) is 0 Å². The first-order valence-electron chi connectivity index (χ1n) is 6.04. The molecule has 1 unspecified atom stereocenters. The minimum atomic E-state index is 0.631. The molecule has 0 radical (unpaired) electrons. The van der Waals surface area contributed by atoms with Gasteiger partial charge in [0.25, 0.3) is 0 Å². The molecule has 1 aliphatic rings. The predicted octanol–water partition coefficient (Wildman–Crippen LogP) is 1.54. The average Bonchev–Trinajstić information content (AvgIpc) is 2.82. The van der Waals surface area contributed by atoms with Crippen LogP contribution in [-0.2, 0) is 6.54 Å². The van der Waals surface area contributed by atoms with E-state index in [1.165, 1.54) is 12.0 Å². The van der Waals surface area contributed by atoms with Gasteiger partial charge >= 0.3 is 0 Å². The van der Waals surface area contributed by atoms with Crippen molar-refractivity contribution in [1.29, 1.82) is 0 Å². The molecular weight excluding hydrogens is 200 g/mol. The van der Waals surface area contributed by atoms with Crippen molar-refractivity contribution in [2.45, 2.75) is 25.9 Å². The van der Waals surface area contributed by atoms with Crippen LogP contribution in [0.4, 0.5) is 0 Å². The fraction of sp³-hybridized carbons (Fsp3) is 0.538. The lowest BCUT2D eigenvalue weighted by molar-refractivity contribution is 0.340. The normalized spacial score (nSPS) is 19.9. The number of benzene rings is 1. The van der Waals surface area contributed by atoms with Crippen LogP contribution in [0.15, 0.2) is 24.3 Å². The number of hydrogen-bond donors (Lipinski definition) is 2. The SMILES string of the molecule is CCOc1ccc(CNC2CCNC2)cc1. The number of ether oxygens (including phenoxy) is 1. The van der Waals surface area contributed by atoms with Crippen LogP contribution in [0.2, 0.25) is 0 Å². The predicted molar refractivity (Wildman–Crippen MR) is 65.7 cm³/mol. The van der Waals surface area contributed by atoms with Crippen molar-refractivity contribution in [3.63, 3.8) is 0 Å². The Balaban J connectivity index is 1.80. The van der Waals surface area contributed by atoms with E-state index in [1.807, 2.05) is 19.1 Å². The molecule has 0 aromatic heterocycles. The van der Waals surface area contributed by atoms with E-state index in [4.69, 9.17) is 4.74 Å². The minimum absolute atomic E-state index is 0.631.